The predicted molar refractivity (Wildman–Crippen MR) is 82.7 cm³/mol. The molecule has 23 heavy (non-hydrogen) atoms. The number of carboxylic acid groups (broad SMARTS) is 1. The van der Waals surface area contributed by atoms with Gasteiger partial charge in [0.1, 0.15) is 11.3 Å². The molecule has 3 aromatic rings. The molecular formula is C15H10F3NO2S2. The van der Waals surface area contributed by atoms with E-state index >= 15 is 0 Å². The number of aryl methyl sites for hydroxylation is 1. The minimum atomic E-state index is -1.26. The highest BCUT2D eigenvalue weighted by Crippen LogP contribution is 2.31. The molecule has 0 atom stereocenters. The largest absolute Gasteiger partial charge is 0.481 e. The lowest BCUT2D eigenvalue weighted by Gasteiger charge is -1.94. The van der Waals surface area contributed by atoms with Gasteiger partial charge in [-0.25, -0.2) is 18.2 Å². The summed E-state index contributed by atoms with van der Waals surface area (Å²) in [6.07, 6.45) is 0.252. The van der Waals surface area contributed by atoms with Crippen molar-refractivity contribution >= 4 is 38.9 Å². The number of nitrogens with zero attached hydrogens (tertiary/aromatic N) is 1. The Hall–Kier alpha value is -1.93. The highest BCUT2D eigenvalue weighted by atomic mass is 32.1. The molecule has 0 bridgehead atoms. The molecule has 0 saturated heterocycles. The summed E-state index contributed by atoms with van der Waals surface area (Å²) in [7, 11) is 0. The number of halogens is 3. The van der Waals surface area contributed by atoms with Crippen LogP contribution in [0, 0.1) is 24.4 Å². The molecular weight excluding hydrogens is 347 g/mol. The fraction of sp³-hybridized carbons (Fsp3) is 0.200. The van der Waals surface area contributed by atoms with Gasteiger partial charge in [-0.3, -0.25) is 4.79 Å². The van der Waals surface area contributed by atoms with Crippen molar-refractivity contribution in [1.29, 1.82) is 0 Å². The Bertz CT molecular complexity index is 917. The van der Waals surface area contributed by atoms with E-state index in [4.69, 9.17) is 5.11 Å². The second-order valence-corrected chi connectivity index (χ2v) is 7.41. The minimum Gasteiger partial charge on any atom is -0.481 e. The number of rotatable bonds is 4. The third-order valence-corrected chi connectivity index (χ3v) is 5.45. The maximum atomic E-state index is 13.7. The van der Waals surface area contributed by atoms with Crippen LogP contribution in [0.15, 0.2) is 12.1 Å². The summed E-state index contributed by atoms with van der Waals surface area (Å²) in [5.41, 5.74) is 0.406. The molecule has 0 unspecified atom stereocenters. The van der Waals surface area contributed by atoms with E-state index in [1.807, 2.05) is 6.92 Å². The van der Waals surface area contributed by atoms with E-state index in [2.05, 4.69) is 4.98 Å². The summed E-state index contributed by atoms with van der Waals surface area (Å²) in [5.74, 6) is -4.17. The van der Waals surface area contributed by atoms with E-state index in [1.54, 1.807) is 6.07 Å². The molecule has 120 valence electrons. The fourth-order valence-corrected chi connectivity index (χ4v) is 4.41. The highest BCUT2D eigenvalue weighted by molar-refractivity contribution is 7.18. The zero-order chi connectivity index (χ0) is 16.7. The lowest BCUT2D eigenvalue weighted by molar-refractivity contribution is -0.136. The Kier molecular flexibility index (Phi) is 4.11. The Balaban J connectivity index is 1.95. The molecule has 1 aromatic carbocycles. The molecule has 0 saturated carbocycles. The molecule has 1 N–H and O–H groups in total. The first-order valence-corrected chi connectivity index (χ1v) is 8.21. The number of aromatic nitrogens is 1. The van der Waals surface area contributed by atoms with E-state index in [1.165, 1.54) is 11.3 Å². The number of fused-ring (bicyclic) bond motifs is 1. The number of thiophene rings is 1. The smallest absolute Gasteiger partial charge is 0.307 e. The van der Waals surface area contributed by atoms with Crippen molar-refractivity contribution < 1.29 is 23.1 Å². The molecule has 0 amide bonds. The average molecular weight is 357 g/mol. The molecule has 3 rings (SSSR count). The normalized spacial score (nSPS) is 11.3. The van der Waals surface area contributed by atoms with E-state index < -0.39 is 23.4 Å². The van der Waals surface area contributed by atoms with Gasteiger partial charge >= 0.3 is 5.97 Å². The van der Waals surface area contributed by atoms with Crippen LogP contribution in [0.1, 0.15) is 20.3 Å². The van der Waals surface area contributed by atoms with Crippen LogP contribution in [0.3, 0.4) is 0 Å². The summed E-state index contributed by atoms with van der Waals surface area (Å²) in [5, 5.41) is 9.30. The van der Waals surface area contributed by atoms with Crippen LogP contribution in [-0.4, -0.2) is 16.1 Å². The Morgan fingerprint density at radius 3 is 2.65 bits per heavy atom. The standard InChI is InChI=1S/C15H10F3NO2S2/c1-6-7(3-12(20)21)2-8(22-6)4-11-19-14-13(18)9(16)5-10(17)15(14)23-11/h2,5H,3-4H2,1H3,(H,20,21). The number of aliphatic carboxylic acids is 1. The van der Waals surface area contributed by atoms with Crippen LogP contribution in [0.2, 0.25) is 0 Å². The zero-order valence-corrected chi connectivity index (χ0v) is 13.5. The number of carboxylic acids is 1. The third-order valence-electron chi connectivity index (χ3n) is 3.30. The van der Waals surface area contributed by atoms with E-state index in [0.717, 1.165) is 21.1 Å². The molecule has 0 aliphatic rings. The van der Waals surface area contributed by atoms with Gasteiger partial charge in [0.25, 0.3) is 0 Å². The van der Waals surface area contributed by atoms with Crippen molar-refractivity contribution in [2.75, 3.05) is 0 Å². The van der Waals surface area contributed by atoms with Gasteiger partial charge in [0.2, 0.25) is 0 Å². The number of hydrogen-bond acceptors (Lipinski definition) is 4. The van der Waals surface area contributed by atoms with Crippen LogP contribution in [0.25, 0.3) is 10.2 Å². The van der Waals surface area contributed by atoms with Crippen LogP contribution < -0.4 is 0 Å². The predicted octanol–water partition coefficient (Wildman–Crippen LogP) is 4.30. The van der Waals surface area contributed by atoms with Crippen LogP contribution in [0.4, 0.5) is 13.2 Å². The van der Waals surface area contributed by atoms with Crippen molar-refractivity contribution in [3.05, 3.63) is 49.9 Å². The average Bonchev–Trinajstić information content (AvgIpc) is 3.01. The lowest BCUT2D eigenvalue weighted by atomic mass is 10.2. The van der Waals surface area contributed by atoms with Crippen molar-refractivity contribution in [2.45, 2.75) is 19.8 Å². The number of carbonyl (C=O) groups is 1. The Morgan fingerprint density at radius 2 is 1.96 bits per heavy atom. The van der Waals surface area contributed by atoms with Gasteiger partial charge < -0.3 is 5.11 Å². The maximum Gasteiger partial charge on any atom is 0.307 e. The number of hydrogen-bond donors (Lipinski definition) is 1. The molecule has 0 spiro atoms. The summed E-state index contributed by atoms with van der Waals surface area (Å²) in [4.78, 5) is 16.5. The second-order valence-electron chi connectivity index (χ2n) is 4.98. The fourth-order valence-electron chi connectivity index (χ4n) is 2.27. The second kappa shape index (κ2) is 5.93. The third kappa shape index (κ3) is 3.09. The van der Waals surface area contributed by atoms with Crippen molar-refractivity contribution in [2.24, 2.45) is 0 Å². The van der Waals surface area contributed by atoms with Gasteiger partial charge in [0.15, 0.2) is 11.6 Å². The lowest BCUT2D eigenvalue weighted by Crippen LogP contribution is -1.99. The van der Waals surface area contributed by atoms with Gasteiger partial charge in [0, 0.05) is 22.2 Å². The van der Waals surface area contributed by atoms with E-state index in [9.17, 15) is 18.0 Å². The topological polar surface area (TPSA) is 50.2 Å². The molecule has 0 aliphatic heterocycles. The first-order valence-electron chi connectivity index (χ1n) is 6.58. The van der Waals surface area contributed by atoms with Crippen molar-refractivity contribution in [3.8, 4) is 0 Å². The maximum absolute atomic E-state index is 13.7. The minimum absolute atomic E-state index is 0.0158. The van der Waals surface area contributed by atoms with E-state index in [0.29, 0.717) is 23.1 Å². The first-order chi connectivity index (χ1) is 10.8. The summed E-state index contributed by atoms with van der Waals surface area (Å²) >= 11 is 2.38. The summed E-state index contributed by atoms with van der Waals surface area (Å²) in [6, 6.07) is 2.27. The van der Waals surface area contributed by atoms with Gasteiger partial charge in [-0.2, -0.15) is 0 Å². The van der Waals surface area contributed by atoms with Gasteiger partial charge in [-0.15, -0.1) is 22.7 Å². The van der Waals surface area contributed by atoms with Crippen LogP contribution >= 0.6 is 22.7 Å². The Morgan fingerprint density at radius 1 is 1.22 bits per heavy atom. The van der Waals surface area contributed by atoms with Gasteiger partial charge in [-0.05, 0) is 18.6 Å². The van der Waals surface area contributed by atoms with Crippen molar-refractivity contribution in [3.63, 3.8) is 0 Å². The molecule has 8 heteroatoms. The number of benzene rings is 1. The molecule has 0 radical (unpaired) electrons. The molecule has 2 heterocycles. The van der Waals surface area contributed by atoms with Crippen LogP contribution in [0.5, 0.6) is 0 Å². The van der Waals surface area contributed by atoms with E-state index in [-0.39, 0.29) is 16.6 Å². The molecule has 0 fully saturated rings. The molecule has 0 aliphatic carbocycles. The molecule has 3 nitrogen and oxygen atoms in total. The Labute approximate surface area is 137 Å². The summed E-state index contributed by atoms with van der Waals surface area (Å²) in [6.45, 7) is 1.82. The van der Waals surface area contributed by atoms with Crippen LogP contribution in [-0.2, 0) is 17.6 Å². The highest BCUT2D eigenvalue weighted by Gasteiger charge is 2.18. The van der Waals surface area contributed by atoms with Crippen molar-refractivity contribution in [1.82, 2.24) is 4.98 Å². The monoisotopic (exact) mass is 357 g/mol. The number of thiazole rings is 1. The first kappa shape index (κ1) is 15.9. The van der Waals surface area contributed by atoms with Gasteiger partial charge in [-0.1, -0.05) is 0 Å². The summed E-state index contributed by atoms with van der Waals surface area (Å²) < 4.78 is 40.6. The molecule has 2 aromatic heterocycles. The quantitative estimate of drug-likeness (QED) is 0.708. The van der Waals surface area contributed by atoms with Gasteiger partial charge in [0.05, 0.1) is 16.1 Å². The SMILES string of the molecule is Cc1sc(Cc2nc3c(F)c(F)cc(F)c3s2)cc1CC(=O)O. The zero-order valence-electron chi connectivity index (χ0n) is 11.8.